The highest BCUT2D eigenvalue weighted by atomic mass is 79.9. The second kappa shape index (κ2) is 12.7. The van der Waals surface area contributed by atoms with Crippen molar-refractivity contribution < 1.29 is 14.3 Å². The van der Waals surface area contributed by atoms with Crippen LogP contribution in [0.15, 0.2) is 75.1 Å². The Morgan fingerprint density at radius 2 is 1.88 bits per heavy atom. The number of methoxy groups -OCH3 is 1. The number of benzene rings is 3. The Morgan fingerprint density at radius 1 is 1.15 bits per heavy atom. The van der Waals surface area contributed by atoms with Gasteiger partial charge in [0.2, 0.25) is 5.91 Å². The summed E-state index contributed by atoms with van der Waals surface area (Å²) in [6.45, 7) is 2.47. The van der Waals surface area contributed by atoms with Crippen molar-refractivity contribution >= 4 is 51.4 Å². The van der Waals surface area contributed by atoms with Gasteiger partial charge in [0.05, 0.1) is 17.8 Å². The maximum Gasteiger partial charge on any atom is 0.240 e. The number of hydrogen-bond donors (Lipinski definition) is 1. The molecule has 33 heavy (non-hydrogen) atoms. The molecular weight excluding hydrogens is 524 g/mol. The van der Waals surface area contributed by atoms with Crippen molar-refractivity contribution in [3.05, 3.63) is 86.8 Å². The van der Waals surface area contributed by atoms with Gasteiger partial charge >= 0.3 is 0 Å². The van der Waals surface area contributed by atoms with Gasteiger partial charge in [-0.25, -0.2) is 5.43 Å². The summed E-state index contributed by atoms with van der Waals surface area (Å²) >= 11 is 11.0. The van der Waals surface area contributed by atoms with Gasteiger partial charge in [0.25, 0.3) is 0 Å². The number of halogens is 2. The number of rotatable bonds is 10. The van der Waals surface area contributed by atoms with E-state index in [0.717, 1.165) is 20.5 Å². The minimum atomic E-state index is -0.156. The van der Waals surface area contributed by atoms with E-state index in [-0.39, 0.29) is 5.91 Å². The number of hydrogen-bond acceptors (Lipinski definition) is 5. The van der Waals surface area contributed by atoms with Crippen molar-refractivity contribution in [2.45, 2.75) is 24.8 Å². The predicted molar refractivity (Wildman–Crippen MR) is 139 cm³/mol. The molecule has 3 aromatic rings. The Morgan fingerprint density at radius 3 is 2.58 bits per heavy atom. The summed E-state index contributed by atoms with van der Waals surface area (Å²) in [6.07, 6.45) is 1.92. The van der Waals surface area contributed by atoms with Crippen LogP contribution in [0.1, 0.15) is 23.1 Å². The van der Waals surface area contributed by atoms with Crippen LogP contribution in [0, 0.1) is 6.92 Å². The molecule has 0 bridgehead atoms. The zero-order valence-electron chi connectivity index (χ0n) is 18.3. The van der Waals surface area contributed by atoms with Crippen molar-refractivity contribution in [3.8, 4) is 11.5 Å². The Bertz CT molecular complexity index is 1110. The average Bonchev–Trinajstić information content (AvgIpc) is 2.80. The summed E-state index contributed by atoms with van der Waals surface area (Å²) in [5, 5.41) is 4.75. The van der Waals surface area contributed by atoms with Gasteiger partial charge in [-0.1, -0.05) is 41.4 Å². The van der Waals surface area contributed by atoms with E-state index < -0.39 is 0 Å². The summed E-state index contributed by atoms with van der Waals surface area (Å²) in [5.74, 6) is 1.67. The maximum absolute atomic E-state index is 12.0. The molecular formula is C25H24BrClN2O3S. The predicted octanol–water partition coefficient (Wildman–Crippen LogP) is 6.63. The second-order valence-electron chi connectivity index (χ2n) is 7.15. The SMILES string of the molecule is COc1cc(/C=N/NC(=O)CCSc2ccc(Cl)cc2)cc(Br)c1OCc1ccc(C)cc1. The smallest absolute Gasteiger partial charge is 0.240 e. The summed E-state index contributed by atoms with van der Waals surface area (Å²) in [6, 6.07) is 19.4. The monoisotopic (exact) mass is 546 g/mol. The van der Waals surface area contributed by atoms with Crippen LogP contribution in [-0.4, -0.2) is 25.0 Å². The van der Waals surface area contributed by atoms with Gasteiger partial charge in [0.15, 0.2) is 11.5 Å². The Labute approximate surface area is 211 Å². The Kier molecular flexibility index (Phi) is 9.66. The molecule has 0 heterocycles. The van der Waals surface area contributed by atoms with Gasteiger partial charge in [-0.15, -0.1) is 11.8 Å². The van der Waals surface area contributed by atoms with Crippen molar-refractivity contribution in [2.75, 3.05) is 12.9 Å². The van der Waals surface area contributed by atoms with Crippen molar-refractivity contribution in [1.29, 1.82) is 0 Å². The van der Waals surface area contributed by atoms with E-state index in [4.69, 9.17) is 21.1 Å². The number of ether oxygens (including phenoxy) is 2. The molecule has 0 spiro atoms. The van der Waals surface area contributed by atoms with E-state index in [1.54, 1.807) is 31.2 Å². The summed E-state index contributed by atoms with van der Waals surface area (Å²) < 4.78 is 12.2. The number of aryl methyl sites for hydroxylation is 1. The third-order valence-electron chi connectivity index (χ3n) is 4.57. The Hall–Kier alpha value is -2.48. The molecule has 0 saturated carbocycles. The third kappa shape index (κ3) is 8.11. The number of carbonyl (C=O) groups is 1. The fraction of sp³-hybridized carbons (Fsp3) is 0.200. The highest BCUT2D eigenvalue weighted by molar-refractivity contribution is 9.10. The van der Waals surface area contributed by atoms with Crippen molar-refractivity contribution in [2.24, 2.45) is 5.10 Å². The lowest BCUT2D eigenvalue weighted by Crippen LogP contribution is -2.17. The summed E-state index contributed by atoms with van der Waals surface area (Å²) in [4.78, 5) is 13.1. The molecule has 0 fully saturated rings. The number of carbonyl (C=O) groups excluding carboxylic acids is 1. The Balaban J connectivity index is 1.52. The molecule has 1 N–H and O–H groups in total. The molecule has 0 unspecified atom stereocenters. The molecule has 5 nitrogen and oxygen atoms in total. The first-order valence-corrected chi connectivity index (χ1v) is 12.4. The van der Waals surface area contributed by atoms with Gasteiger partial charge in [0.1, 0.15) is 6.61 Å². The van der Waals surface area contributed by atoms with Gasteiger partial charge in [-0.05, 0) is 70.4 Å². The molecule has 0 radical (unpaired) electrons. The molecule has 0 atom stereocenters. The number of amides is 1. The first-order valence-electron chi connectivity index (χ1n) is 10.2. The van der Waals surface area contributed by atoms with E-state index >= 15 is 0 Å². The fourth-order valence-corrected chi connectivity index (χ4v) is 4.37. The van der Waals surface area contributed by atoms with Crippen LogP contribution in [0.4, 0.5) is 0 Å². The lowest BCUT2D eigenvalue weighted by Gasteiger charge is -2.13. The van der Waals surface area contributed by atoms with Crippen LogP contribution < -0.4 is 14.9 Å². The number of nitrogens with one attached hydrogen (secondary N) is 1. The van der Waals surface area contributed by atoms with Crippen LogP contribution in [0.2, 0.25) is 5.02 Å². The third-order valence-corrected chi connectivity index (χ3v) is 6.42. The van der Waals surface area contributed by atoms with Crippen molar-refractivity contribution in [3.63, 3.8) is 0 Å². The average molecular weight is 548 g/mol. The molecule has 0 aromatic heterocycles. The van der Waals surface area contributed by atoms with Crippen LogP contribution in [-0.2, 0) is 11.4 Å². The van der Waals surface area contributed by atoms with E-state index in [1.807, 2.05) is 49.4 Å². The molecule has 3 aromatic carbocycles. The van der Waals surface area contributed by atoms with Crippen molar-refractivity contribution in [1.82, 2.24) is 5.43 Å². The summed E-state index contributed by atoms with van der Waals surface area (Å²) in [5.41, 5.74) is 5.59. The second-order valence-corrected chi connectivity index (χ2v) is 9.61. The number of hydrazone groups is 1. The highest BCUT2D eigenvalue weighted by Gasteiger charge is 2.12. The van der Waals surface area contributed by atoms with Crippen LogP contribution in [0.5, 0.6) is 11.5 Å². The topological polar surface area (TPSA) is 59.9 Å². The first-order chi connectivity index (χ1) is 15.9. The molecule has 1 amide bonds. The minimum absolute atomic E-state index is 0.156. The molecule has 0 aliphatic carbocycles. The number of nitrogens with zero attached hydrogens (tertiary/aromatic N) is 1. The summed E-state index contributed by atoms with van der Waals surface area (Å²) in [7, 11) is 1.58. The van der Waals surface area contributed by atoms with E-state index in [9.17, 15) is 4.79 Å². The van der Waals surface area contributed by atoms with Gasteiger partial charge < -0.3 is 9.47 Å². The first kappa shape index (κ1) is 25.1. The standard InChI is InChI=1S/C25H24BrClN2O3S/c1-17-3-5-18(6-4-17)16-32-25-22(26)13-19(14-23(25)31-2)15-28-29-24(30)11-12-33-21-9-7-20(27)8-10-21/h3-10,13-15H,11-12,16H2,1-2H3,(H,29,30)/b28-15+. The molecule has 172 valence electrons. The fourth-order valence-electron chi connectivity index (χ4n) is 2.82. The molecule has 0 saturated heterocycles. The maximum atomic E-state index is 12.0. The quantitative estimate of drug-likeness (QED) is 0.176. The largest absolute Gasteiger partial charge is 0.493 e. The van der Waals surface area contributed by atoms with Gasteiger partial charge in [-0.2, -0.15) is 5.10 Å². The highest BCUT2D eigenvalue weighted by Crippen LogP contribution is 2.36. The molecule has 3 rings (SSSR count). The van der Waals surface area contributed by atoms with Crippen LogP contribution in [0.25, 0.3) is 0 Å². The molecule has 0 aliphatic heterocycles. The zero-order chi connectivity index (χ0) is 23.6. The normalized spacial score (nSPS) is 10.9. The van der Waals surface area contributed by atoms with E-state index in [0.29, 0.717) is 35.3 Å². The van der Waals surface area contributed by atoms with E-state index in [2.05, 4.69) is 38.6 Å². The van der Waals surface area contributed by atoms with Gasteiger partial charge in [-0.3, -0.25) is 4.79 Å². The van der Waals surface area contributed by atoms with Crippen LogP contribution in [0.3, 0.4) is 0 Å². The lowest BCUT2D eigenvalue weighted by atomic mass is 10.2. The molecule has 8 heteroatoms. The van der Waals surface area contributed by atoms with Gasteiger partial charge in [0, 0.05) is 22.1 Å². The zero-order valence-corrected chi connectivity index (χ0v) is 21.5. The number of thioether (sulfide) groups is 1. The van der Waals surface area contributed by atoms with E-state index in [1.165, 1.54) is 5.56 Å². The van der Waals surface area contributed by atoms with Crippen LogP contribution >= 0.6 is 39.3 Å². The molecule has 0 aliphatic rings. The minimum Gasteiger partial charge on any atom is -0.493 e. The lowest BCUT2D eigenvalue weighted by molar-refractivity contribution is -0.120.